The van der Waals surface area contributed by atoms with E-state index in [1.807, 2.05) is 0 Å². The highest BCUT2D eigenvalue weighted by molar-refractivity contribution is 5.78. The molecule has 0 radical (unpaired) electrons. The van der Waals surface area contributed by atoms with E-state index >= 15 is 0 Å². The standard InChI is InChI=1S/C14H20FN3O/c1-11-8-16-6-7-18(11)10-14(19)17-9-12-2-4-13(15)5-3-12/h2-5,11,16H,6-10H2,1H3,(H,17,19). The molecule has 2 N–H and O–H groups in total. The Hall–Kier alpha value is -1.46. The first kappa shape index (κ1) is 14.0. The van der Waals surface area contributed by atoms with Crippen LogP contribution in [0, 0.1) is 5.82 Å². The van der Waals surface area contributed by atoms with Crippen LogP contribution in [0.25, 0.3) is 0 Å². The van der Waals surface area contributed by atoms with Gasteiger partial charge in [-0.3, -0.25) is 9.69 Å². The van der Waals surface area contributed by atoms with Gasteiger partial charge >= 0.3 is 0 Å². The maximum Gasteiger partial charge on any atom is 0.234 e. The first-order chi connectivity index (χ1) is 9.15. The van der Waals surface area contributed by atoms with Crippen molar-refractivity contribution >= 4 is 5.91 Å². The fraction of sp³-hybridized carbons (Fsp3) is 0.500. The van der Waals surface area contributed by atoms with Crippen molar-refractivity contribution in [2.24, 2.45) is 0 Å². The fourth-order valence-corrected chi connectivity index (χ4v) is 2.16. The molecule has 1 fully saturated rings. The number of nitrogens with one attached hydrogen (secondary N) is 2. The lowest BCUT2D eigenvalue weighted by molar-refractivity contribution is -0.123. The minimum atomic E-state index is -0.260. The molecule has 1 unspecified atom stereocenters. The average molecular weight is 265 g/mol. The maximum absolute atomic E-state index is 12.7. The summed E-state index contributed by atoms with van der Waals surface area (Å²) in [4.78, 5) is 14.0. The molecule has 0 bridgehead atoms. The third-order valence-corrected chi connectivity index (χ3v) is 3.39. The van der Waals surface area contributed by atoms with Gasteiger partial charge in [0.1, 0.15) is 5.82 Å². The summed E-state index contributed by atoms with van der Waals surface area (Å²) in [5.74, 6) is -0.247. The predicted molar refractivity (Wildman–Crippen MR) is 72.2 cm³/mol. The smallest absolute Gasteiger partial charge is 0.234 e. The predicted octanol–water partition coefficient (Wildman–Crippen LogP) is 0.736. The number of carbonyl (C=O) groups is 1. The molecule has 1 atom stereocenters. The van der Waals surface area contributed by atoms with Crippen LogP contribution in [0.4, 0.5) is 4.39 Å². The van der Waals surface area contributed by atoms with Crippen molar-refractivity contribution < 1.29 is 9.18 Å². The number of piperazine rings is 1. The summed E-state index contributed by atoms with van der Waals surface area (Å²) >= 11 is 0. The molecule has 1 aromatic carbocycles. The Morgan fingerprint density at radius 3 is 2.89 bits per heavy atom. The Labute approximate surface area is 113 Å². The lowest BCUT2D eigenvalue weighted by Crippen LogP contribution is -2.52. The lowest BCUT2D eigenvalue weighted by atomic mass is 10.2. The van der Waals surface area contributed by atoms with Gasteiger partial charge in [0, 0.05) is 32.2 Å². The van der Waals surface area contributed by atoms with Gasteiger partial charge in [0.2, 0.25) is 5.91 Å². The molecule has 1 aromatic rings. The van der Waals surface area contributed by atoms with Gasteiger partial charge in [-0.1, -0.05) is 12.1 Å². The summed E-state index contributed by atoms with van der Waals surface area (Å²) in [7, 11) is 0. The number of amides is 1. The number of hydrogen-bond donors (Lipinski definition) is 2. The summed E-state index contributed by atoms with van der Waals surface area (Å²) in [6.07, 6.45) is 0. The third-order valence-electron chi connectivity index (χ3n) is 3.39. The molecule has 0 aromatic heterocycles. The zero-order valence-corrected chi connectivity index (χ0v) is 11.2. The van der Waals surface area contributed by atoms with E-state index in [0.717, 1.165) is 25.2 Å². The Bertz CT molecular complexity index is 421. The molecule has 104 valence electrons. The van der Waals surface area contributed by atoms with Crippen molar-refractivity contribution in [3.8, 4) is 0 Å². The molecule has 0 aliphatic carbocycles. The van der Waals surface area contributed by atoms with E-state index in [0.29, 0.717) is 19.1 Å². The quantitative estimate of drug-likeness (QED) is 0.844. The second-order valence-corrected chi connectivity index (χ2v) is 4.93. The van der Waals surface area contributed by atoms with Crippen LogP contribution in [0.3, 0.4) is 0 Å². The van der Waals surface area contributed by atoms with E-state index < -0.39 is 0 Å². The molecule has 1 saturated heterocycles. The van der Waals surface area contributed by atoms with E-state index in [1.165, 1.54) is 12.1 Å². The van der Waals surface area contributed by atoms with Gasteiger partial charge in [0.15, 0.2) is 0 Å². The van der Waals surface area contributed by atoms with Crippen molar-refractivity contribution in [3.63, 3.8) is 0 Å². The number of halogens is 1. The first-order valence-corrected chi connectivity index (χ1v) is 6.61. The van der Waals surface area contributed by atoms with Crippen LogP contribution in [0.15, 0.2) is 24.3 Å². The van der Waals surface area contributed by atoms with E-state index in [9.17, 15) is 9.18 Å². The molecular formula is C14H20FN3O. The van der Waals surface area contributed by atoms with Gasteiger partial charge in [-0.2, -0.15) is 0 Å². The van der Waals surface area contributed by atoms with Gasteiger partial charge in [-0.05, 0) is 24.6 Å². The Morgan fingerprint density at radius 2 is 2.21 bits per heavy atom. The van der Waals surface area contributed by atoms with Crippen LogP contribution in [-0.4, -0.2) is 43.0 Å². The molecule has 1 aliphatic rings. The summed E-state index contributed by atoms with van der Waals surface area (Å²) in [6, 6.07) is 6.55. The molecule has 1 heterocycles. The normalized spacial score (nSPS) is 20.2. The van der Waals surface area contributed by atoms with Gasteiger partial charge < -0.3 is 10.6 Å². The largest absolute Gasteiger partial charge is 0.351 e. The molecule has 19 heavy (non-hydrogen) atoms. The monoisotopic (exact) mass is 265 g/mol. The summed E-state index contributed by atoms with van der Waals surface area (Å²) < 4.78 is 12.7. The van der Waals surface area contributed by atoms with Crippen molar-refractivity contribution in [1.29, 1.82) is 0 Å². The zero-order chi connectivity index (χ0) is 13.7. The van der Waals surface area contributed by atoms with Crippen molar-refractivity contribution in [1.82, 2.24) is 15.5 Å². The zero-order valence-electron chi connectivity index (χ0n) is 11.2. The number of nitrogens with zero attached hydrogens (tertiary/aromatic N) is 1. The molecule has 0 spiro atoms. The summed E-state index contributed by atoms with van der Waals surface area (Å²) in [5, 5.41) is 6.15. The van der Waals surface area contributed by atoms with Crippen molar-refractivity contribution in [3.05, 3.63) is 35.6 Å². The summed E-state index contributed by atoms with van der Waals surface area (Å²) in [6.45, 7) is 5.72. The number of benzene rings is 1. The second-order valence-electron chi connectivity index (χ2n) is 4.93. The molecule has 1 amide bonds. The molecule has 1 aliphatic heterocycles. The molecule has 4 nitrogen and oxygen atoms in total. The van der Waals surface area contributed by atoms with E-state index in [1.54, 1.807) is 12.1 Å². The fourth-order valence-electron chi connectivity index (χ4n) is 2.16. The van der Waals surface area contributed by atoms with Crippen LogP contribution in [0.5, 0.6) is 0 Å². The minimum Gasteiger partial charge on any atom is -0.351 e. The van der Waals surface area contributed by atoms with Gasteiger partial charge in [-0.15, -0.1) is 0 Å². The Kier molecular flexibility index (Phi) is 4.87. The highest BCUT2D eigenvalue weighted by atomic mass is 19.1. The van der Waals surface area contributed by atoms with Gasteiger partial charge in [-0.25, -0.2) is 4.39 Å². The van der Waals surface area contributed by atoms with Crippen molar-refractivity contribution in [2.45, 2.75) is 19.5 Å². The number of hydrogen-bond acceptors (Lipinski definition) is 3. The number of carbonyl (C=O) groups excluding carboxylic acids is 1. The first-order valence-electron chi connectivity index (χ1n) is 6.61. The Morgan fingerprint density at radius 1 is 1.47 bits per heavy atom. The molecule has 5 heteroatoms. The van der Waals surface area contributed by atoms with Crippen LogP contribution in [0.2, 0.25) is 0 Å². The highest BCUT2D eigenvalue weighted by Gasteiger charge is 2.19. The maximum atomic E-state index is 12.7. The van der Waals surface area contributed by atoms with E-state index in [-0.39, 0.29) is 11.7 Å². The second kappa shape index (κ2) is 6.63. The minimum absolute atomic E-state index is 0.0121. The van der Waals surface area contributed by atoms with Crippen LogP contribution in [0.1, 0.15) is 12.5 Å². The number of rotatable bonds is 4. The average Bonchev–Trinajstić information content (AvgIpc) is 2.41. The van der Waals surface area contributed by atoms with E-state index in [4.69, 9.17) is 0 Å². The van der Waals surface area contributed by atoms with Crippen molar-refractivity contribution in [2.75, 3.05) is 26.2 Å². The molecule has 0 saturated carbocycles. The van der Waals surface area contributed by atoms with Crippen LogP contribution >= 0.6 is 0 Å². The molecular weight excluding hydrogens is 245 g/mol. The Balaban J connectivity index is 1.76. The molecule has 2 rings (SSSR count). The summed E-state index contributed by atoms with van der Waals surface area (Å²) in [5.41, 5.74) is 0.906. The SMILES string of the molecule is CC1CNCCN1CC(=O)NCc1ccc(F)cc1. The van der Waals surface area contributed by atoms with Gasteiger partial charge in [0.05, 0.1) is 6.54 Å². The van der Waals surface area contributed by atoms with E-state index in [2.05, 4.69) is 22.5 Å². The van der Waals surface area contributed by atoms with Crippen LogP contribution < -0.4 is 10.6 Å². The highest BCUT2D eigenvalue weighted by Crippen LogP contribution is 2.03. The van der Waals surface area contributed by atoms with Crippen LogP contribution in [-0.2, 0) is 11.3 Å². The third kappa shape index (κ3) is 4.29. The lowest BCUT2D eigenvalue weighted by Gasteiger charge is -2.33. The van der Waals surface area contributed by atoms with Gasteiger partial charge in [0.25, 0.3) is 0 Å². The topological polar surface area (TPSA) is 44.4 Å².